The number of hydrogen-bond acceptors (Lipinski definition) is 4. The van der Waals surface area contributed by atoms with E-state index >= 15 is 0 Å². The topological polar surface area (TPSA) is 56.1 Å². The van der Waals surface area contributed by atoms with E-state index in [9.17, 15) is 4.79 Å². The van der Waals surface area contributed by atoms with Crippen LogP contribution in [0.2, 0.25) is 0 Å². The predicted octanol–water partition coefficient (Wildman–Crippen LogP) is 3.87. The highest BCUT2D eigenvalue weighted by molar-refractivity contribution is 9.10. The maximum absolute atomic E-state index is 13.1. The van der Waals surface area contributed by atoms with Crippen LogP contribution in [-0.4, -0.2) is 41.2 Å². The van der Waals surface area contributed by atoms with Gasteiger partial charge in [-0.1, -0.05) is 6.07 Å². The normalized spacial score (nSPS) is 16.3. The van der Waals surface area contributed by atoms with E-state index in [1.807, 2.05) is 48.4 Å². The van der Waals surface area contributed by atoms with E-state index in [4.69, 9.17) is 9.47 Å². The summed E-state index contributed by atoms with van der Waals surface area (Å²) >= 11 is 3.43. The van der Waals surface area contributed by atoms with Gasteiger partial charge < -0.3 is 14.4 Å². The van der Waals surface area contributed by atoms with Crippen LogP contribution in [0.5, 0.6) is 11.5 Å². The van der Waals surface area contributed by atoms with Gasteiger partial charge in [-0.15, -0.1) is 0 Å². The Balaban J connectivity index is 1.68. The van der Waals surface area contributed by atoms with Gasteiger partial charge in [0.1, 0.15) is 0 Å². The Hall–Kier alpha value is -2.54. The van der Waals surface area contributed by atoms with Crippen LogP contribution in [-0.2, 0) is 6.42 Å². The number of methoxy groups -OCH3 is 2. The summed E-state index contributed by atoms with van der Waals surface area (Å²) in [6, 6.07) is 9.53. The summed E-state index contributed by atoms with van der Waals surface area (Å²) in [7, 11) is 3.28. The standard InChI is InChI=1S/C20H20BrN3O3/c1-12-15-6-7-18(26-2)19(27-3)16(15)8-9-23(12)20(25)17-10-14-5-4-13(21)11-24(14)22-17/h4-7,10-12H,8-9H2,1-3H3. The van der Waals surface area contributed by atoms with Crippen LogP contribution in [0.3, 0.4) is 0 Å². The van der Waals surface area contributed by atoms with Crippen molar-refractivity contribution in [3.63, 3.8) is 0 Å². The lowest BCUT2D eigenvalue weighted by Crippen LogP contribution is -2.39. The summed E-state index contributed by atoms with van der Waals surface area (Å²) in [4.78, 5) is 15.0. The van der Waals surface area contributed by atoms with E-state index in [2.05, 4.69) is 21.0 Å². The lowest BCUT2D eigenvalue weighted by Gasteiger charge is -2.35. The highest BCUT2D eigenvalue weighted by Gasteiger charge is 2.32. The summed E-state index contributed by atoms with van der Waals surface area (Å²) in [5.41, 5.74) is 3.52. The van der Waals surface area contributed by atoms with E-state index in [1.54, 1.807) is 18.7 Å². The zero-order chi connectivity index (χ0) is 19.1. The number of halogens is 1. The third-order valence-electron chi connectivity index (χ3n) is 5.11. The number of carbonyl (C=O) groups excluding carboxylic acids is 1. The lowest BCUT2D eigenvalue weighted by molar-refractivity contribution is 0.0670. The van der Waals surface area contributed by atoms with Gasteiger partial charge in [-0.2, -0.15) is 5.10 Å². The molecule has 0 aliphatic carbocycles. The number of amides is 1. The van der Waals surface area contributed by atoms with E-state index in [-0.39, 0.29) is 11.9 Å². The molecule has 0 radical (unpaired) electrons. The lowest BCUT2D eigenvalue weighted by atomic mass is 9.92. The molecule has 3 aromatic rings. The van der Waals surface area contributed by atoms with Gasteiger partial charge in [0, 0.05) is 22.8 Å². The fraction of sp³-hybridized carbons (Fsp3) is 0.300. The summed E-state index contributed by atoms with van der Waals surface area (Å²) in [6.45, 7) is 2.64. The van der Waals surface area contributed by atoms with Gasteiger partial charge in [0.2, 0.25) is 0 Å². The molecule has 1 aliphatic heterocycles. The first-order chi connectivity index (χ1) is 13.0. The molecule has 4 rings (SSSR count). The van der Waals surface area contributed by atoms with Gasteiger partial charge in [-0.25, -0.2) is 4.52 Å². The summed E-state index contributed by atoms with van der Waals surface area (Å²) in [5.74, 6) is 1.41. The number of aromatic nitrogens is 2. The number of benzene rings is 1. The summed E-state index contributed by atoms with van der Waals surface area (Å²) in [5, 5.41) is 4.45. The van der Waals surface area contributed by atoms with E-state index in [1.165, 1.54) is 0 Å². The monoisotopic (exact) mass is 429 g/mol. The van der Waals surface area contributed by atoms with E-state index in [0.717, 1.165) is 26.9 Å². The SMILES string of the molecule is COc1ccc2c(c1OC)CCN(C(=O)c1cc3ccc(Br)cn3n1)C2C. The van der Waals surface area contributed by atoms with E-state index in [0.29, 0.717) is 24.4 Å². The quantitative estimate of drug-likeness (QED) is 0.633. The average molecular weight is 430 g/mol. The third kappa shape index (κ3) is 2.96. The third-order valence-corrected chi connectivity index (χ3v) is 5.58. The van der Waals surface area contributed by atoms with Gasteiger partial charge in [0.25, 0.3) is 5.91 Å². The largest absolute Gasteiger partial charge is 0.493 e. The van der Waals surface area contributed by atoms with E-state index < -0.39 is 0 Å². The number of pyridine rings is 1. The van der Waals surface area contributed by atoms with Crippen molar-refractivity contribution in [2.24, 2.45) is 0 Å². The van der Waals surface area contributed by atoms with Crippen LogP contribution in [0.1, 0.15) is 34.6 Å². The average Bonchev–Trinajstić information content (AvgIpc) is 3.10. The fourth-order valence-electron chi connectivity index (χ4n) is 3.74. The molecule has 1 amide bonds. The second-order valence-corrected chi connectivity index (χ2v) is 7.46. The van der Waals surface area contributed by atoms with Gasteiger partial charge in [-0.3, -0.25) is 4.79 Å². The second kappa shape index (κ2) is 6.88. The van der Waals surface area contributed by atoms with Crippen molar-refractivity contribution < 1.29 is 14.3 Å². The fourth-order valence-corrected chi connectivity index (χ4v) is 4.07. The first kappa shape index (κ1) is 17.9. The number of hydrogen-bond donors (Lipinski definition) is 0. The summed E-state index contributed by atoms with van der Waals surface area (Å²) in [6.07, 6.45) is 2.56. The molecular weight excluding hydrogens is 410 g/mol. The Kier molecular flexibility index (Phi) is 4.55. The minimum absolute atomic E-state index is 0.0669. The zero-order valence-electron chi connectivity index (χ0n) is 15.4. The van der Waals surface area contributed by atoms with Crippen molar-refractivity contribution in [2.75, 3.05) is 20.8 Å². The van der Waals surface area contributed by atoms with Crippen molar-refractivity contribution >= 4 is 27.4 Å². The molecule has 0 saturated heterocycles. The summed E-state index contributed by atoms with van der Waals surface area (Å²) < 4.78 is 13.6. The first-order valence-electron chi connectivity index (χ1n) is 8.73. The van der Waals surface area contributed by atoms with Crippen molar-refractivity contribution in [2.45, 2.75) is 19.4 Å². The predicted molar refractivity (Wildman–Crippen MR) is 106 cm³/mol. The van der Waals surface area contributed by atoms with Gasteiger partial charge in [0.15, 0.2) is 17.2 Å². The molecule has 0 fully saturated rings. The number of carbonyl (C=O) groups is 1. The van der Waals surface area contributed by atoms with Gasteiger partial charge >= 0.3 is 0 Å². The molecular formula is C20H20BrN3O3. The molecule has 140 valence electrons. The Bertz CT molecular complexity index is 1030. The first-order valence-corrected chi connectivity index (χ1v) is 9.52. The van der Waals surface area contributed by atoms with Crippen molar-refractivity contribution in [1.29, 1.82) is 0 Å². The van der Waals surface area contributed by atoms with Gasteiger partial charge in [0.05, 0.1) is 25.8 Å². The molecule has 27 heavy (non-hydrogen) atoms. The Morgan fingerprint density at radius 2 is 2.04 bits per heavy atom. The highest BCUT2D eigenvalue weighted by atomic mass is 79.9. The molecule has 0 bridgehead atoms. The highest BCUT2D eigenvalue weighted by Crippen LogP contribution is 2.40. The maximum atomic E-state index is 13.1. The molecule has 3 heterocycles. The number of ether oxygens (including phenoxy) is 2. The minimum atomic E-state index is -0.0717. The molecule has 1 aliphatic rings. The van der Waals surface area contributed by atoms with Crippen molar-refractivity contribution in [3.05, 3.63) is 57.8 Å². The van der Waals surface area contributed by atoms with Crippen LogP contribution in [0.4, 0.5) is 0 Å². The zero-order valence-corrected chi connectivity index (χ0v) is 17.0. The smallest absolute Gasteiger partial charge is 0.274 e. The Labute approximate surface area is 165 Å². The maximum Gasteiger partial charge on any atom is 0.274 e. The van der Waals surface area contributed by atoms with Gasteiger partial charge in [-0.05, 0) is 59.1 Å². The molecule has 0 saturated carbocycles. The molecule has 0 N–H and O–H groups in total. The number of rotatable bonds is 3. The molecule has 7 heteroatoms. The molecule has 0 spiro atoms. The van der Waals surface area contributed by atoms with Crippen LogP contribution in [0.25, 0.3) is 5.52 Å². The molecule has 6 nitrogen and oxygen atoms in total. The van der Waals surface area contributed by atoms with Crippen molar-refractivity contribution in [1.82, 2.24) is 14.5 Å². The van der Waals surface area contributed by atoms with Crippen LogP contribution < -0.4 is 9.47 Å². The molecule has 1 aromatic carbocycles. The molecule has 1 unspecified atom stereocenters. The van der Waals surface area contributed by atoms with Crippen LogP contribution in [0.15, 0.2) is 41.0 Å². The minimum Gasteiger partial charge on any atom is -0.493 e. The van der Waals surface area contributed by atoms with Crippen molar-refractivity contribution in [3.8, 4) is 11.5 Å². The molecule has 2 aromatic heterocycles. The second-order valence-electron chi connectivity index (χ2n) is 6.54. The Morgan fingerprint density at radius 1 is 1.22 bits per heavy atom. The number of fused-ring (bicyclic) bond motifs is 2. The van der Waals surface area contributed by atoms with Crippen LogP contribution in [0, 0.1) is 0 Å². The number of nitrogens with zero attached hydrogens (tertiary/aromatic N) is 3. The Morgan fingerprint density at radius 3 is 2.78 bits per heavy atom. The molecule has 1 atom stereocenters. The van der Waals surface area contributed by atoms with Crippen LogP contribution >= 0.6 is 15.9 Å².